The van der Waals surface area contributed by atoms with Gasteiger partial charge in [-0.2, -0.15) is 0 Å². The van der Waals surface area contributed by atoms with E-state index in [0.29, 0.717) is 16.8 Å². The number of aromatic hydroxyl groups is 1. The summed E-state index contributed by atoms with van der Waals surface area (Å²) in [5, 5.41) is 19.7. The highest BCUT2D eigenvalue weighted by atomic mass is 35.5. The number of aliphatic hydroxyl groups excluding tert-OH is 1. The van der Waals surface area contributed by atoms with Crippen LogP contribution >= 0.6 is 11.6 Å². The summed E-state index contributed by atoms with van der Waals surface area (Å²) in [6, 6.07) is 4.27. The summed E-state index contributed by atoms with van der Waals surface area (Å²) in [5.41, 5.74) is 1.73. The van der Waals surface area contributed by atoms with Gasteiger partial charge in [0.2, 0.25) is 0 Å². The van der Waals surface area contributed by atoms with Crippen LogP contribution in [0.15, 0.2) is 12.1 Å². The summed E-state index contributed by atoms with van der Waals surface area (Å²) >= 11 is 6.06. The highest BCUT2D eigenvalue weighted by Crippen LogP contribution is 2.32. The molecule has 0 aliphatic heterocycles. The first kappa shape index (κ1) is 14.6. The Morgan fingerprint density at radius 3 is 2.68 bits per heavy atom. The van der Waals surface area contributed by atoms with Crippen LogP contribution in [-0.2, 0) is 6.54 Å². The van der Waals surface area contributed by atoms with Gasteiger partial charge in [0.25, 0.3) is 0 Å². The molecule has 1 aromatic rings. The number of hydrogen-bond acceptors (Lipinski definition) is 3. The van der Waals surface area contributed by atoms with Gasteiger partial charge >= 0.3 is 0 Å². The zero-order chi connectivity index (χ0) is 13.8. The van der Waals surface area contributed by atoms with Crippen molar-refractivity contribution in [3.8, 4) is 5.75 Å². The maximum absolute atomic E-state index is 10.1. The molecule has 0 radical (unpaired) electrons. The second-order valence-electron chi connectivity index (χ2n) is 5.36. The Kier molecular flexibility index (Phi) is 5.08. The van der Waals surface area contributed by atoms with Crippen LogP contribution in [0, 0.1) is 6.92 Å². The van der Waals surface area contributed by atoms with E-state index in [1.165, 1.54) is 12.8 Å². The first-order chi connectivity index (χ1) is 9.11. The van der Waals surface area contributed by atoms with Gasteiger partial charge in [-0.05, 0) is 56.8 Å². The van der Waals surface area contributed by atoms with Crippen LogP contribution in [0.25, 0.3) is 0 Å². The topological polar surface area (TPSA) is 43.7 Å². The third-order valence-corrected chi connectivity index (χ3v) is 3.85. The summed E-state index contributed by atoms with van der Waals surface area (Å²) in [6.07, 6.45) is 4.30. The van der Waals surface area contributed by atoms with Crippen LogP contribution in [0.3, 0.4) is 0 Å². The van der Waals surface area contributed by atoms with Crippen molar-refractivity contribution in [1.82, 2.24) is 4.90 Å². The number of hydrogen-bond donors (Lipinski definition) is 2. The third-order valence-electron chi connectivity index (χ3n) is 3.63. The molecule has 0 unspecified atom stereocenters. The Balaban J connectivity index is 2.04. The molecule has 4 heteroatoms. The lowest BCUT2D eigenvalue weighted by atomic mass is 10.1. The molecule has 1 aromatic carbocycles. The second-order valence-corrected chi connectivity index (χ2v) is 5.80. The van der Waals surface area contributed by atoms with E-state index in [4.69, 9.17) is 16.7 Å². The number of phenols is 1. The molecule has 0 saturated heterocycles. The van der Waals surface area contributed by atoms with Crippen LogP contribution in [-0.4, -0.2) is 34.3 Å². The van der Waals surface area contributed by atoms with Crippen molar-refractivity contribution >= 4 is 11.6 Å². The van der Waals surface area contributed by atoms with Crippen LogP contribution in [0.5, 0.6) is 5.75 Å². The fraction of sp³-hybridized carbons (Fsp3) is 0.600. The number of nitrogens with zero attached hydrogens (tertiary/aromatic N) is 1. The van der Waals surface area contributed by atoms with Crippen molar-refractivity contribution in [2.75, 3.05) is 13.2 Å². The van der Waals surface area contributed by atoms with Gasteiger partial charge in [-0.1, -0.05) is 11.6 Å². The molecule has 0 atom stereocenters. The summed E-state index contributed by atoms with van der Waals surface area (Å²) < 4.78 is 0. The summed E-state index contributed by atoms with van der Waals surface area (Å²) in [4.78, 5) is 2.39. The van der Waals surface area contributed by atoms with Crippen molar-refractivity contribution in [1.29, 1.82) is 0 Å². The van der Waals surface area contributed by atoms with Gasteiger partial charge < -0.3 is 10.2 Å². The molecule has 106 valence electrons. The summed E-state index contributed by atoms with van der Waals surface area (Å²) in [7, 11) is 0. The molecule has 2 rings (SSSR count). The van der Waals surface area contributed by atoms with Gasteiger partial charge in [-0.3, -0.25) is 4.90 Å². The normalized spacial score (nSPS) is 15.2. The molecule has 0 amide bonds. The predicted molar refractivity (Wildman–Crippen MR) is 77.6 cm³/mol. The van der Waals surface area contributed by atoms with E-state index in [9.17, 15) is 5.11 Å². The zero-order valence-corrected chi connectivity index (χ0v) is 12.2. The van der Waals surface area contributed by atoms with Crippen molar-refractivity contribution in [2.45, 2.75) is 45.2 Å². The zero-order valence-electron chi connectivity index (χ0n) is 11.4. The number of halogens is 1. The van der Waals surface area contributed by atoms with E-state index >= 15 is 0 Å². The van der Waals surface area contributed by atoms with Gasteiger partial charge in [0.1, 0.15) is 5.75 Å². The largest absolute Gasteiger partial charge is 0.507 e. The van der Waals surface area contributed by atoms with E-state index in [1.54, 1.807) is 6.07 Å². The van der Waals surface area contributed by atoms with Crippen molar-refractivity contribution in [3.63, 3.8) is 0 Å². The number of benzene rings is 1. The van der Waals surface area contributed by atoms with Gasteiger partial charge in [0.15, 0.2) is 0 Å². The summed E-state index contributed by atoms with van der Waals surface area (Å²) in [6.45, 7) is 3.83. The van der Waals surface area contributed by atoms with Gasteiger partial charge in [-0.25, -0.2) is 0 Å². The molecule has 1 fully saturated rings. The number of aryl methyl sites for hydroxylation is 1. The standard InChI is InChI=1S/C15H22ClNO2/c1-11-8-13(16)9-12(15(11)19)10-17(14-4-5-14)6-2-3-7-18/h8-9,14,18-19H,2-7,10H2,1H3. The first-order valence-corrected chi connectivity index (χ1v) is 7.32. The highest BCUT2D eigenvalue weighted by molar-refractivity contribution is 6.30. The van der Waals surface area contributed by atoms with Gasteiger partial charge in [0, 0.05) is 29.8 Å². The average molecular weight is 284 g/mol. The van der Waals surface area contributed by atoms with E-state index in [0.717, 1.165) is 37.1 Å². The van der Waals surface area contributed by atoms with Crippen LogP contribution < -0.4 is 0 Å². The molecule has 0 spiro atoms. The maximum Gasteiger partial charge on any atom is 0.123 e. The molecule has 0 heterocycles. The molecule has 3 nitrogen and oxygen atoms in total. The Morgan fingerprint density at radius 1 is 1.32 bits per heavy atom. The second kappa shape index (κ2) is 6.60. The minimum absolute atomic E-state index is 0.250. The van der Waals surface area contributed by atoms with Crippen LogP contribution in [0.1, 0.15) is 36.8 Å². The minimum atomic E-state index is 0.250. The molecule has 1 aliphatic rings. The molecule has 1 saturated carbocycles. The number of unbranched alkanes of at least 4 members (excludes halogenated alkanes) is 1. The molecular formula is C15H22ClNO2. The van der Waals surface area contributed by atoms with Crippen molar-refractivity contribution < 1.29 is 10.2 Å². The molecule has 19 heavy (non-hydrogen) atoms. The highest BCUT2D eigenvalue weighted by Gasteiger charge is 2.29. The molecule has 0 bridgehead atoms. The van der Waals surface area contributed by atoms with Gasteiger partial charge in [-0.15, -0.1) is 0 Å². The Labute approximate surface area is 119 Å². The fourth-order valence-corrected chi connectivity index (χ4v) is 2.70. The lowest BCUT2D eigenvalue weighted by Gasteiger charge is -2.23. The van der Waals surface area contributed by atoms with Crippen LogP contribution in [0.2, 0.25) is 5.02 Å². The maximum atomic E-state index is 10.1. The number of phenolic OH excluding ortho intramolecular Hbond substituents is 1. The minimum Gasteiger partial charge on any atom is -0.507 e. The predicted octanol–water partition coefficient (Wildman–Crippen LogP) is 3.09. The van der Waals surface area contributed by atoms with Gasteiger partial charge in [0.05, 0.1) is 0 Å². The van der Waals surface area contributed by atoms with Crippen molar-refractivity contribution in [2.24, 2.45) is 0 Å². The molecule has 2 N–H and O–H groups in total. The Morgan fingerprint density at radius 2 is 2.05 bits per heavy atom. The molecule has 0 aromatic heterocycles. The summed E-state index contributed by atoms with van der Waals surface area (Å²) in [5.74, 6) is 0.359. The molecular weight excluding hydrogens is 262 g/mol. The Hall–Kier alpha value is -0.770. The fourth-order valence-electron chi connectivity index (χ4n) is 2.40. The lowest BCUT2D eigenvalue weighted by molar-refractivity contribution is 0.226. The van der Waals surface area contributed by atoms with E-state index in [-0.39, 0.29) is 6.61 Å². The lowest BCUT2D eigenvalue weighted by Crippen LogP contribution is -2.27. The Bertz CT molecular complexity index is 432. The number of aliphatic hydroxyl groups is 1. The van der Waals surface area contributed by atoms with Crippen LogP contribution in [0.4, 0.5) is 0 Å². The van der Waals surface area contributed by atoms with E-state index in [2.05, 4.69) is 4.90 Å². The average Bonchev–Trinajstić information content (AvgIpc) is 3.18. The van der Waals surface area contributed by atoms with E-state index in [1.807, 2.05) is 13.0 Å². The molecule has 1 aliphatic carbocycles. The first-order valence-electron chi connectivity index (χ1n) is 6.94. The monoisotopic (exact) mass is 283 g/mol. The third kappa shape index (κ3) is 4.10. The van der Waals surface area contributed by atoms with E-state index < -0.39 is 0 Å². The van der Waals surface area contributed by atoms with Crippen molar-refractivity contribution in [3.05, 3.63) is 28.3 Å². The SMILES string of the molecule is Cc1cc(Cl)cc(CN(CCCCO)C2CC2)c1O. The number of rotatable bonds is 7. The smallest absolute Gasteiger partial charge is 0.123 e. The quantitative estimate of drug-likeness (QED) is 0.756.